The van der Waals surface area contributed by atoms with Crippen LogP contribution >= 0.6 is 0 Å². The molecular formula is C13H18O3. The number of carbonyl (C=O) groups excluding carboxylic acids is 2. The summed E-state index contributed by atoms with van der Waals surface area (Å²) in [6, 6.07) is 0. The van der Waals surface area contributed by atoms with Gasteiger partial charge in [-0.15, -0.1) is 0 Å². The highest BCUT2D eigenvalue weighted by Crippen LogP contribution is 2.40. The van der Waals surface area contributed by atoms with Crippen molar-refractivity contribution in [1.29, 1.82) is 0 Å². The molecule has 0 aromatic rings. The van der Waals surface area contributed by atoms with Gasteiger partial charge in [0.1, 0.15) is 0 Å². The maximum absolute atomic E-state index is 11.8. The second-order valence-corrected chi connectivity index (χ2v) is 4.86. The van der Waals surface area contributed by atoms with Gasteiger partial charge in [-0.2, -0.15) is 0 Å². The van der Waals surface area contributed by atoms with Crippen molar-refractivity contribution in [2.24, 2.45) is 17.8 Å². The van der Waals surface area contributed by atoms with Crippen LogP contribution in [0.25, 0.3) is 0 Å². The number of allylic oxidation sites excluding steroid dienone is 1. The van der Waals surface area contributed by atoms with Gasteiger partial charge in [-0.1, -0.05) is 25.5 Å². The lowest BCUT2D eigenvalue weighted by Crippen LogP contribution is -2.49. The molecule has 0 aromatic heterocycles. The summed E-state index contributed by atoms with van der Waals surface area (Å²) in [6.45, 7) is 6.65. The number of Topliss-reactive ketones (excluding diaryl/α,β-unsaturated/α-hetero) is 2. The smallest absolute Gasteiger partial charge is 0.208 e. The van der Waals surface area contributed by atoms with Crippen LogP contribution < -0.4 is 0 Å². The van der Waals surface area contributed by atoms with Crippen LogP contribution in [0.15, 0.2) is 11.6 Å². The lowest BCUT2D eigenvalue weighted by atomic mass is 9.66. The van der Waals surface area contributed by atoms with Crippen molar-refractivity contribution in [3.63, 3.8) is 0 Å². The zero-order valence-corrected chi connectivity index (χ0v) is 10.0. The summed E-state index contributed by atoms with van der Waals surface area (Å²) in [5.74, 6) is -0.651. The summed E-state index contributed by atoms with van der Waals surface area (Å²) < 4.78 is 5.55. The molecule has 0 aromatic carbocycles. The Morgan fingerprint density at radius 3 is 2.62 bits per heavy atom. The van der Waals surface area contributed by atoms with Crippen molar-refractivity contribution in [2.45, 2.75) is 33.3 Å². The third-order valence-electron chi connectivity index (χ3n) is 3.55. The van der Waals surface area contributed by atoms with Crippen LogP contribution in [0.4, 0.5) is 0 Å². The maximum Gasteiger partial charge on any atom is 0.208 e. The Bertz CT molecular complexity index is 354. The fourth-order valence-electron chi connectivity index (χ4n) is 2.77. The Kier molecular flexibility index (Phi) is 2.98. The van der Waals surface area contributed by atoms with Crippen LogP contribution in [0.5, 0.6) is 0 Å². The lowest BCUT2D eigenvalue weighted by Gasteiger charge is -2.40. The number of ether oxygens (including phenoxy) is 1. The highest BCUT2D eigenvalue weighted by Gasteiger charge is 2.48. The number of carbonyl (C=O) groups is 2. The zero-order chi connectivity index (χ0) is 11.9. The van der Waals surface area contributed by atoms with E-state index in [0.717, 1.165) is 5.57 Å². The predicted octanol–water partition coefficient (Wildman–Crippen LogP) is 1.76. The zero-order valence-electron chi connectivity index (χ0n) is 10.0. The molecule has 0 saturated heterocycles. The van der Waals surface area contributed by atoms with Gasteiger partial charge in [-0.3, -0.25) is 9.59 Å². The Morgan fingerprint density at radius 1 is 1.38 bits per heavy atom. The summed E-state index contributed by atoms with van der Waals surface area (Å²) in [6.07, 6.45) is 2.58. The molecule has 88 valence electrons. The lowest BCUT2D eigenvalue weighted by molar-refractivity contribution is -0.148. The monoisotopic (exact) mass is 222 g/mol. The van der Waals surface area contributed by atoms with Crippen molar-refractivity contribution in [2.75, 3.05) is 6.61 Å². The average Bonchev–Trinajstić information content (AvgIpc) is 2.25. The van der Waals surface area contributed by atoms with Crippen molar-refractivity contribution >= 4 is 11.6 Å². The Morgan fingerprint density at radius 2 is 2.06 bits per heavy atom. The van der Waals surface area contributed by atoms with Gasteiger partial charge in [0.05, 0.1) is 12.0 Å². The average molecular weight is 222 g/mol. The molecular weight excluding hydrogens is 204 g/mol. The Labute approximate surface area is 95.9 Å². The SMILES string of the molecule is CCO[C@@H]1C[C@H]2C(=O)C(=O)[C@@H]1C=C2C(C)C. The third kappa shape index (κ3) is 1.63. The standard InChI is InChI=1S/C13H18O3/c1-4-16-11-6-9-8(7(2)3)5-10(11)13(15)12(9)14/h5,7,9-11H,4,6H2,1-3H3/t9-,10-,11-/m1/s1. The predicted molar refractivity (Wildman–Crippen MR) is 59.9 cm³/mol. The van der Waals surface area contributed by atoms with Crippen molar-refractivity contribution in [3.05, 3.63) is 11.6 Å². The van der Waals surface area contributed by atoms with Crippen LogP contribution in [0, 0.1) is 17.8 Å². The van der Waals surface area contributed by atoms with E-state index in [0.29, 0.717) is 18.9 Å². The first-order valence-corrected chi connectivity index (χ1v) is 5.97. The molecule has 0 aliphatic heterocycles. The molecule has 0 amide bonds. The first-order chi connectivity index (χ1) is 7.56. The van der Waals surface area contributed by atoms with Gasteiger partial charge in [-0.05, 0) is 19.3 Å². The normalized spacial score (nSPS) is 33.5. The second kappa shape index (κ2) is 4.13. The molecule has 3 heteroatoms. The molecule has 1 saturated carbocycles. The largest absolute Gasteiger partial charge is 0.377 e. The van der Waals surface area contributed by atoms with Crippen LogP contribution in [0.2, 0.25) is 0 Å². The van der Waals surface area contributed by atoms with E-state index in [1.54, 1.807) is 0 Å². The minimum Gasteiger partial charge on any atom is -0.377 e. The molecule has 0 spiro atoms. The summed E-state index contributed by atoms with van der Waals surface area (Å²) in [7, 11) is 0. The van der Waals surface area contributed by atoms with Gasteiger partial charge < -0.3 is 4.74 Å². The molecule has 3 aliphatic carbocycles. The van der Waals surface area contributed by atoms with Gasteiger partial charge in [-0.25, -0.2) is 0 Å². The third-order valence-corrected chi connectivity index (χ3v) is 3.55. The first-order valence-electron chi connectivity index (χ1n) is 5.97. The van der Waals surface area contributed by atoms with Gasteiger partial charge in [0.25, 0.3) is 0 Å². The van der Waals surface area contributed by atoms with Crippen molar-refractivity contribution in [3.8, 4) is 0 Å². The van der Waals surface area contributed by atoms with E-state index in [1.165, 1.54) is 0 Å². The van der Waals surface area contributed by atoms with Gasteiger partial charge in [0, 0.05) is 12.5 Å². The molecule has 0 radical (unpaired) electrons. The van der Waals surface area contributed by atoms with E-state index in [2.05, 4.69) is 13.8 Å². The quantitative estimate of drug-likeness (QED) is 0.540. The Hall–Kier alpha value is -0.960. The van der Waals surface area contributed by atoms with Crippen LogP contribution in [-0.2, 0) is 14.3 Å². The number of fused-ring (bicyclic) bond motifs is 2. The molecule has 3 atom stereocenters. The molecule has 1 fully saturated rings. The van der Waals surface area contributed by atoms with E-state index in [9.17, 15) is 9.59 Å². The van der Waals surface area contributed by atoms with Crippen molar-refractivity contribution in [1.82, 2.24) is 0 Å². The molecule has 3 aliphatic rings. The highest BCUT2D eigenvalue weighted by atomic mass is 16.5. The number of hydrogen-bond donors (Lipinski definition) is 0. The van der Waals surface area contributed by atoms with E-state index in [-0.39, 0.29) is 29.5 Å². The molecule has 0 unspecified atom stereocenters. The molecule has 2 bridgehead atoms. The first kappa shape index (κ1) is 11.5. The molecule has 3 nitrogen and oxygen atoms in total. The fraction of sp³-hybridized carbons (Fsp3) is 0.692. The number of ketones is 2. The van der Waals surface area contributed by atoms with Gasteiger partial charge >= 0.3 is 0 Å². The number of rotatable bonds is 3. The fourth-order valence-corrected chi connectivity index (χ4v) is 2.77. The number of hydrogen-bond acceptors (Lipinski definition) is 3. The van der Waals surface area contributed by atoms with Crippen LogP contribution in [0.3, 0.4) is 0 Å². The van der Waals surface area contributed by atoms with Crippen LogP contribution in [-0.4, -0.2) is 24.3 Å². The summed E-state index contributed by atoms with van der Waals surface area (Å²) >= 11 is 0. The van der Waals surface area contributed by atoms with Gasteiger partial charge in [0.2, 0.25) is 11.6 Å². The molecule has 0 N–H and O–H groups in total. The minimum atomic E-state index is -0.324. The minimum absolute atomic E-state index is 0.0808. The Balaban J connectivity index is 2.32. The second-order valence-electron chi connectivity index (χ2n) is 4.86. The summed E-state index contributed by atoms with van der Waals surface area (Å²) in [4.78, 5) is 23.6. The topological polar surface area (TPSA) is 43.4 Å². The summed E-state index contributed by atoms with van der Waals surface area (Å²) in [5, 5.41) is 0. The van der Waals surface area contributed by atoms with E-state index >= 15 is 0 Å². The maximum atomic E-state index is 11.8. The van der Waals surface area contributed by atoms with Gasteiger partial charge in [0.15, 0.2) is 0 Å². The van der Waals surface area contributed by atoms with E-state index in [1.807, 2.05) is 13.0 Å². The molecule has 16 heavy (non-hydrogen) atoms. The highest BCUT2D eigenvalue weighted by molar-refractivity contribution is 6.41. The van der Waals surface area contributed by atoms with Crippen molar-refractivity contribution < 1.29 is 14.3 Å². The van der Waals surface area contributed by atoms with Crippen LogP contribution in [0.1, 0.15) is 27.2 Å². The summed E-state index contributed by atoms with van der Waals surface area (Å²) in [5.41, 5.74) is 1.13. The van der Waals surface area contributed by atoms with E-state index in [4.69, 9.17) is 4.74 Å². The molecule has 0 heterocycles. The van der Waals surface area contributed by atoms with E-state index < -0.39 is 0 Å². The molecule has 3 rings (SSSR count).